The third kappa shape index (κ3) is 2.46. The molecular formula is C14H7BrCl2N2. The maximum absolute atomic E-state index is 6.21. The Bertz CT molecular complexity index is 774. The Labute approximate surface area is 128 Å². The molecule has 0 fully saturated rings. The lowest BCUT2D eigenvalue weighted by molar-refractivity contribution is 1.23. The quantitative estimate of drug-likeness (QED) is 0.550. The smallest absolute Gasteiger partial charge is 0.162 e. The lowest BCUT2D eigenvalue weighted by Gasteiger charge is -2.06. The minimum atomic E-state index is 0.424. The highest BCUT2D eigenvalue weighted by Crippen LogP contribution is 2.30. The molecule has 3 aromatic rings. The highest BCUT2D eigenvalue weighted by Gasteiger charge is 2.10. The summed E-state index contributed by atoms with van der Waals surface area (Å²) in [5, 5.41) is 1.85. The van der Waals surface area contributed by atoms with Gasteiger partial charge in [-0.15, -0.1) is 0 Å². The molecular weight excluding hydrogens is 347 g/mol. The van der Waals surface area contributed by atoms with Crippen LogP contribution in [-0.4, -0.2) is 9.97 Å². The second-order valence-electron chi connectivity index (χ2n) is 3.98. The molecule has 0 amide bonds. The average molecular weight is 354 g/mol. The number of hydrogen-bond acceptors (Lipinski definition) is 2. The van der Waals surface area contributed by atoms with Gasteiger partial charge in [0.2, 0.25) is 0 Å². The molecule has 2 nitrogen and oxygen atoms in total. The second kappa shape index (κ2) is 5.08. The number of hydrogen-bond donors (Lipinski definition) is 0. The highest BCUT2D eigenvalue weighted by molar-refractivity contribution is 9.10. The van der Waals surface area contributed by atoms with Crippen LogP contribution in [0.25, 0.3) is 22.3 Å². The third-order valence-corrected chi connectivity index (χ3v) is 3.84. The van der Waals surface area contributed by atoms with Crippen LogP contribution in [0.5, 0.6) is 0 Å². The van der Waals surface area contributed by atoms with Crippen molar-refractivity contribution >= 4 is 50.0 Å². The summed E-state index contributed by atoms with van der Waals surface area (Å²) in [6, 6.07) is 13.1. The van der Waals surface area contributed by atoms with E-state index in [1.165, 1.54) is 0 Å². The van der Waals surface area contributed by atoms with Gasteiger partial charge in [-0.3, -0.25) is 0 Å². The lowest BCUT2D eigenvalue weighted by Crippen LogP contribution is -1.92. The Morgan fingerprint density at radius 3 is 2.53 bits per heavy atom. The lowest BCUT2D eigenvalue weighted by atomic mass is 10.2. The van der Waals surface area contributed by atoms with Gasteiger partial charge >= 0.3 is 0 Å². The molecule has 5 heteroatoms. The Hall–Kier alpha value is -1.16. The molecule has 0 saturated carbocycles. The number of aromatic nitrogens is 2. The first-order valence-corrected chi connectivity index (χ1v) is 7.08. The highest BCUT2D eigenvalue weighted by atomic mass is 79.9. The minimum Gasteiger partial charge on any atom is -0.228 e. The summed E-state index contributed by atoms with van der Waals surface area (Å²) in [4.78, 5) is 8.83. The molecule has 0 unspecified atom stereocenters. The van der Waals surface area contributed by atoms with Crippen molar-refractivity contribution in [1.29, 1.82) is 0 Å². The summed E-state index contributed by atoms with van der Waals surface area (Å²) in [6.45, 7) is 0. The van der Waals surface area contributed by atoms with Crippen molar-refractivity contribution in [1.82, 2.24) is 9.97 Å². The van der Waals surface area contributed by atoms with E-state index in [0.29, 0.717) is 16.0 Å². The van der Waals surface area contributed by atoms with Crippen molar-refractivity contribution in [3.05, 3.63) is 57.1 Å². The van der Waals surface area contributed by atoms with Crippen LogP contribution in [0.15, 0.2) is 46.9 Å². The maximum atomic E-state index is 6.21. The molecule has 0 saturated heterocycles. The van der Waals surface area contributed by atoms with Crippen LogP contribution >= 0.6 is 39.1 Å². The summed E-state index contributed by atoms with van der Waals surface area (Å²) in [6.07, 6.45) is 0. The van der Waals surface area contributed by atoms with Gasteiger partial charge in [-0.2, -0.15) is 0 Å². The van der Waals surface area contributed by atoms with E-state index in [-0.39, 0.29) is 0 Å². The van der Waals surface area contributed by atoms with Crippen LogP contribution < -0.4 is 0 Å². The van der Waals surface area contributed by atoms with Crippen LogP contribution in [0.1, 0.15) is 0 Å². The van der Waals surface area contributed by atoms with Gasteiger partial charge in [0.1, 0.15) is 5.15 Å². The molecule has 0 aliphatic heterocycles. The molecule has 0 aliphatic rings. The first kappa shape index (κ1) is 12.9. The zero-order chi connectivity index (χ0) is 13.4. The SMILES string of the molecule is Clc1ccccc1-c1nc(Cl)c2ccc(Br)cc2n1. The zero-order valence-electron chi connectivity index (χ0n) is 9.57. The van der Waals surface area contributed by atoms with Crippen molar-refractivity contribution in [2.75, 3.05) is 0 Å². The Morgan fingerprint density at radius 2 is 1.74 bits per heavy atom. The largest absolute Gasteiger partial charge is 0.228 e. The zero-order valence-corrected chi connectivity index (χ0v) is 12.7. The van der Waals surface area contributed by atoms with Crippen molar-refractivity contribution in [2.45, 2.75) is 0 Å². The van der Waals surface area contributed by atoms with Gasteiger partial charge in [-0.1, -0.05) is 51.3 Å². The summed E-state index contributed by atoms with van der Waals surface area (Å²) < 4.78 is 0.944. The van der Waals surface area contributed by atoms with Crippen LogP contribution in [0, 0.1) is 0 Å². The van der Waals surface area contributed by atoms with Gasteiger partial charge in [-0.25, -0.2) is 9.97 Å². The first-order chi connectivity index (χ1) is 9.15. The number of benzene rings is 2. The molecule has 0 atom stereocenters. The summed E-state index contributed by atoms with van der Waals surface area (Å²) in [5.74, 6) is 0.529. The minimum absolute atomic E-state index is 0.424. The molecule has 0 radical (unpaired) electrons. The number of fused-ring (bicyclic) bond motifs is 1. The molecule has 0 spiro atoms. The fraction of sp³-hybridized carbons (Fsp3) is 0. The second-order valence-corrected chi connectivity index (χ2v) is 5.66. The normalized spacial score (nSPS) is 10.9. The predicted octanol–water partition coefficient (Wildman–Crippen LogP) is 5.37. The van der Waals surface area contributed by atoms with E-state index in [9.17, 15) is 0 Å². The average Bonchev–Trinajstić information content (AvgIpc) is 2.38. The third-order valence-electron chi connectivity index (χ3n) is 2.73. The number of halogens is 3. The standard InChI is InChI=1S/C14H7BrCl2N2/c15-8-5-6-10-12(7-8)18-14(19-13(10)17)9-3-1-2-4-11(9)16/h1-7H. The van der Waals surface area contributed by atoms with E-state index in [4.69, 9.17) is 23.2 Å². The maximum Gasteiger partial charge on any atom is 0.162 e. The van der Waals surface area contributed by atoms with Gasteiger partial charge in [0.15, 0.2) is 5.82 Å². The molecule has 19 heavy (non-hydrogen) atoms. The predicted molar refractivity (Wildman–Crippen MR) is 82.7 cm³/mol. The van der Waals surface area contributed by atoms with Crippen LogP contribution in [0.3, 0.4) is 0 Å². The van der Waals surface area contributed by atoms with Gasteiger partial charge < -0.3 is 0 Å². The fourth-order valence-electron chi connectivity index (χ4n) is 1.83. The molecule has 0 aliphatic carbocycles. The summed E-state index contributed by atoms with van der Waals surface area (Å²) >= 11 is 15.8. The van der Waals surface area contributed by atoms with Gasteiger partial charge in [-0.05, 0) is 30.3 Å². The molecule has 0 N–H and O–H groups in total. The monoisotopic (exact) mass is 352 g/mol. The van der Waals surface area contributed by atoms with Crippen molar-refractivity contribution in [2.24, 2.45) is 0 Å². The van der Waals surface area contributed by atoms with Gasteiger partial charge in [0.05, 0.1) is 10.5 Å². The molecule has 3 rings (SSSR count). The molecule has 1 aromatic heterocycles. The van der Waals surface area contributed by atoms with E-state index in [2.05, 4.69) is 25.9 Å². The topological polar surface area (TPSA) is 25.8 Å². The van der Waals surface area contributed by atoms with Crippen LogP contribution in [0.2, 0.25) is 10.2 Å². The molecule has 1 heterocycles. The fourth-order valence-corrected chi connectivity index (χ4v) is 2.64. The number of nitrogens with zero attached hydrogens (tertiary/aromatic N) is 2. The van der Waals surface area contributed by atoms with E-state index < -0.39 is 0 Å². The Balaban J connectivity index is 2.29. The first-order valence-electron chi connectivity index (χ1n) is 5.53. The van der Waals surface area contributed by atoms with Gasteiger partial charge in [0.25, 0.3) is 0 Å². The number of rotatable bonds is 1. The van der Waals surface area contributed by atoms with Crippen molar-refractivity contribution in [3.63, 3.8) is 0 Å². The van der Waals surface area contributed by atoms with E-state index in [0.717, 1.165) is 20.9 Å². The molecule has 0 bridgehead atoms. The molecule has 94 valence electrons. The molecule has 2 aromatic carbocycles. The van der Waals surface area contributed by atoms with E-state index >= 15 is 0 Å². The summed E-state index contributed by atoms with van der Waals surface area (Å²) in [5.41, 5.74) is 1.55. The van der Waals surface area contributed by atoms with Crippen molar-refractivity contribution in [3.8, 4) is 11.4 Å². The van der Waals surface area contributed by atoms with Crippen molar-refractivity contribution < 1.29 is 0 Å². The Kier molecular flexibility index (Phi) is 3.44. The summed E-state index contributed by atoms with van der Waals surface area (Å²) in [7, 11) is 0. The van der Waals surface area contributed by atoms with Crippen LogP contribution in [-0.2, 0) is 0 Å². The van der Waals surface area contributed by atoms with E-state index in [1.54, 1.807) is 6.07 Å². The van der Waals surface area contributed by atoms with E-state index in [1.807, 2.05) is 36.4 Å². The Morgan fingerprint density at radius 1 is 0.947 bits per heavy atom. The van der Waals surface area contributed by atoms with Crippen LogP contribution in [0.4, 0.5) is 0 Å². The van der Waals surface area contributed by atoms with Gasteiger partial charge in [0, 0.05) is 15.4 Å².